The summed E-state index contributed by atoms with van der Waals surface area (Å²) in [6, 6.07) is 0.541. The molecule has 1 aromatic carbocycles. The fraction of sp³-hybridized carbons (Fsp3) is 0.467. The maximum absolute atomic E-state index is 12.9. The van der Waals surface area contributed by atoms with E-state index in [0.717, 1.165) is 4.90 Å². The summed E-state index contributed by atoms with van der Waals surface area (Å²) in [7, 11) is 0. The van der Waals surface area contributed by atoms with Gasteiger partial charge in [-0.05, 0) is 25.1 Å². The Morgan fingerprint density at radius 1 is 1.04 bits per heavy atom. The van der Waals surface area contributed by atoms with Gasteiger partial charge in [0.05, 0.1) is 23.8 Å². The van der Waals surface area contributed by atoms with Gasteiger partial charge in [0.1, 0.15) is 0 Å². The standard InChI is InChI=1S/C15H13F6NO4/c1-7-5-22(6-11(26-7)13(24)25)12(23)8-2-9(14(16,17)18)4-10(3-8)15(19,20)21/h2-4,7,11H,5-6H2,1H3,(H,24,25)/t7-,11?/m1/s1. The van der Waals surface area contributed by atoms with E-state index >= 15 is 0 Å². The average molecular weight is 385 g/mol. The zero-order valence-corrected chi connectivity index (χ0v) is 13.2. The second-order valence-electron chi connectivity index (χ2n) is 5.78. The molecule has 2 atom stereocenters. The second kappa shape index (κ2) is 6.78. The van der Waals surface area contributed by atoms with Crippen molar-refractivity contribution in [3.8, 4) is 0 Å². The van der Waals surface area contributed by atoms with E-state index in [2.05, 4.69) is 0 Å². The lowest BCUT2D eigenvalue weighted by Crippen LogP contribution is -2.51. The van der Waals surface area contributed by atoms with Gasteiger partial charge in [-0.3, -0.25) is 4.79 Å². The smallest absolute Gasteiger partial charge is 0.416 e. The van der Waals surface area contributed by atoms with Crippen LogP contribution in [0.15, 0.2) is 18.2 Å². The number of rotatable bonds is 2. The zero-order valence-electron chi connectivity index (χ0n) is 13.2. The van der Waals surface area contributed by atoms with Gasteiger partial charge in [-0.15, -0.1) is 0 Å². The number of hydrogen-bond donors (Lipinski definition) is 1. The quantitative estimate of drug-likeness (QED) is 0.795. The summed E-state index contributed by atoms with van der Waals surface area (Å²) in [6.45, 7) is 0.777. The Morgan fingerprint density at radius 3 is 1.96 bits per heavy atom. The normalized spacial score (nSPS) is 21.6. The Balaban J connectivity index is 2.43. The fourth-order valence-corrected chi connectivity index (χ4v) is 2.51. The van der Waals surface area contributed by atoms with Crippen LogP contribution >= 0.6 is 0 Å². The van der Waals surface area contributed by atoms with Crippen LogP contribution in [0.1, 0.15) is 28.4 Å². The molecular formula is C15H13F6NO4. The molecule has 1 aliphatic rings. The summed E-state index contributed by atoms with van der Waals surface area (Å²) in [4.78, 5) is 24.3. The predicted octanol–water partition coefficient (Wildman–Crippen LogP) is 3.04. The van der Waals surface area contributed by atoms with Crippen LogP contribution in [0.3, 0.4) is 0 Å². The maximum Gasteiger partial charge on any atom is 0.416 e. The van der Waals surface area contributed by atoms with E-state index in [1.807, 2.05) is 0 Å². The monoisotopic (exact) mass is 385 g/mol. The van der Waals surface area contributed by atoms with Crippen molar-refractivity contribution >= 4 is 11.9 Å². The van der Waals surface area contributed by atoms with Gasteiger partial charge in [-0.2, -0.15) is 26.3 Å². The number of alkyl halides is 6. The number of halogens is 6. The molecule has 1 aromatic rings. The third-order valence-electron chi connectivity index (χ3n) is 3.66. The largest absolute Gasteiger partial charge is 0.479 e. The molecular weight excluding hydrogens is 372 g/mol. The number of carbonyl (C=O) groups excluding carboxylic acids is 1. The van der Waals surface area contributed by atoms with E-state index < -0.39 is 59.7 Å². The van der Waals surface area contributed by atoms with Crippen LogP contribution in [0.4, 0.5) is 26.3 Å². The molecule has 0 bridgehead atoms. The summed E-state index contributed by atoms with van der Waals surface area (Å²) in [6.07, 6.45) is -12.3. The Hall–Kier alpha value is -2.30. The highest BCUT2D eigenvalue weighted by atomic mass is 19.4. The number of ether oxygens (including phenoxy) is 1. The lowest BCUT2D eigenvalue weighted by molar-refractivity contribution is -0.160. The Kier molecular flexibility index (Phi) is 5.22. The van der Waals surface area contributed by atoms with E-state index in [4.69, 9.17) is 9.84 Å². The van der Waals surface area contributed by atoms with Crippen LogP contribution in [0.2, 0.25) is 0 Å². The van der Waals surface area contributed by atoms with Crippen molar-refractivity contribution in [1.29, 1.82) is 0 Å². The second-order valence-corrected chi connectivity index (χ2v) is 5.78. The number of aliphatic carboxylic acids is 1. The molecule has 144 valence electrons. The van der Waals surface area contributed by atoms with Gasteiger partial charge in [0.2, 0.25) is 0 Å². The first-order valence-corrected chi connectivity index (χ1v) is 7.26. The number of hydrogen-bond acceptors (Lipinski definition) is 3. The molecule has 0 aromatic heterocycles. The molecule has 0 saturated carbocycles. The molecule has 1 saturated heterocycles. The SMILES string of the molecule is C[C@@H]1CN(C(=O)c2cc(C(F)(F)F)cc(C(F)(F)F)c2)CC(C(=O)O)O1. The van der Waals surface area contributed by atoms with Gasteiger partial charge in [0.15, 0.2) is 6.10 Å². The molecule has 1 N–H and O–H groups in total. The highest BCUT2D eigenvalue weighted by molar-refractivity contribution is 5.95. The lowest BCUT2D eigenvalue weighted by Gasteiger charge is -2.35. The minimum absolute atomic E-state index is 0.0846. The first kappa shape index (κ1) is 20.0. The van der Waals surface area contributed by atoms with E-state index in [0.29, 0.717) is 12.1 Å². The summed E-state index contributed by atoms with van der Waals surface area (Å²) in [5, 5.41) is 8.97. The van der Waals surface area contributed by atoms with Crippen molar-refractivity contribution in [2.24, 2.45) is 0 Å². The molecule has 1 unspecified atom stereocenters. The number of morpholine rings is 1. The molecule has 5 nitrogen and oxygen atoms in total. The molecule has 2 rings (SSSR count). The number of carboxylic acids is 1. The third-order valence-corrected chi connectivity index (χ3v) is 3.66. The number of amides is 1. The van der Waals surface area contributed by atoms with Crippen LogP contribution in [-0.2, 0) is 21.9 Å². The predicted molar refractivity (Wildman–Crippen MR) is 74.3 cm³/mol. The van der Waals surface area contributed by atoms with Gasteiger partial charge in [-0.25, -0.2) is 4.79 Å². The van der Waals surface area contributed by atoms with Crippen LogP contribution in [0.5, 0.6) is 0 Å². The van der Waals surface area contributed by atoms with Gasteiger partial charge >= 0.3 is 18.3 Å². The molecule has 1 fully saturated rings. The van der Waals surface area contributed by atoms with Crippen molar-refractivity contribution < 1.29 is 45.8 Å². The molecule has 1 amide bonds. The maximum atomic E-state index is 12.9. The van der Waals surface area contributed by atoms with E-state index in [-0.39, 0.29) is 12.6 Å². The zero-order chi connectivity index (χ0) is 19.9. The van der Waals surface area contributed by atoms with Crippen molar-refractivity contribution in [1.82, 2.24) is 4.90 Å². The first-order chi connectivity index (χ1) is 11.8. The van der Waals surface area contributed by atoms with Gasteiger partial charge < -0.3 is 14.7 Å². The van der Waals surface area contributed by atoms with Crippen LogP contribution in [0, 0.1) is 0 Å². The van der Waals surface area contributed by atoms with Crippen molar-refractivity contribution in [2.75, 3.05) is 13.1 Å². The summed E-state index contributed by atoms with van der Waals surface area (Å²) in [5.41, 5.74) is -4.07. The minimum Gasteiger partial charge on any atom is -0.479 e. The Morgan fingerprint density at radius 2 is 1.54 bits per heavy atom. The van der Waals surface area contributed by atoms with E-state index in [1.165, 1.54) is 6.92 Å². The van der Waals surface area contributed by atoms with Crippen molar-refractivity contribution in [2.45, 2.75) is 31.5 Å². The molecule has 26 heavy (non-hydrogen) atoms. The lowest BCUT2D eigenvalue weighted by atomic mass is 10.0. The number of carboxylic acid groups (broad SMARTS) is 1. The number of nitrogens with zero attached hydrogens (tertiary/aromatic N) is 1. The number of carbonyl (C=O) groups is 2. The van der Waals surface area contributed by atoms with E-state index in [9.17, 15) is 35.9 Å². The summed E-state index contributed by atoms with van der Waals surface area (Å²) >= 11 is 0. The minimum atomic E-state index is -5.09. The van der Waals surface area contributed by atoms with Crippen LogP contribution < -0.4 is 0 Å². The molecule has 0 spiro atoms. The molecule has 1 aliphatic heterocycles. The summed E-state index contributed by atoms with van der Waals surface area (Å²) in [5.74, 6) is -2.53. The first-order valence-electron chi connectivity index (χ1n) is 7.26. The van der Waals surface area contributed by atoms with Crippen LogP contribution in [-0.4, -0.2) is 47.2 Å². The molecule has 11 heteroatoms. The van der Waals surface area contributed by atoms with Gasteiger partial charge in [0, 0.05) is 12.1 Å². The third kappa shape index (κ3) is 4.45. The molecule has 0 radical (unpaired) electrons. The molecule has 1 heterocycles. The Bertz CT molecular complexity index is 683. The Labute approximate surface area is 143 Å². The summed E-state index contributed by atoms with van der Waals surface area (Å²) < 4.78 is 82.4. The van der Waals surface area contributed by atoms with Crippen molar-refractivity contribution in [3.63, 3.8) is 0 Å². The van der Waals surface area contributed by atoms with Gasteiger partial charge in [-0.1, -0.05) is 0 Å². The topological polar surface area (TPSA) is 66.8 Å². The highest BCUT2D eigenvalue weighted by Crippen LogP contribution is 2.36. The van der Waals surface area contributed by atoms with E-state index in [1.54, 1.807) is 0 Å². The number of benzene rings is 1. The average Bonchev–Trinajstić information content (AvgIpc) is 2.51. The van der Waals surface area contributed by atoms with Crippen molar-refractivity contribution in [3.05, 3.63) is 34.9 Å². The molecule has 0 aliphatic carbocycles. The highest BCUT2D eigenvalue weighted by Gasteiger charge is 2.39. The van der Waals surface area contributed by atoms with Crippen LogP contribution in [0.25, 0.3) is 0 Å². The fourth-order valence-electron chi connectivity index (χ4n) is 2.51. The van der Waals surface area contributed by atoms with Gasteiger partial charge in [0.25, 0.3) is 5.91 Å².